The summed E-state index contributed by atoms with van der Waals surface area (Å²) in [7, 11) is 5.66. The number of fused-ring (bicyclic) bond motifs is 1. The second-order valence-corrected chi connectivity index (χ2v) is 12.7. The van der Waals surface area contributed by atoms with Gasteiger partial charge in [-0.05, 0) is 92.2 Å². The highest BCUT2D eigenvalue weighted by Gasteiger charge is 2.42. The maximum Gasteiger partial charge on any atom is 0.328 e. The fourth-order valence-corrected chi connectivity index (χ4v) is 6.98. The lowest BCUT2D eigenvalue weighted by Crippen LogP contribution is -2.61. The molecule has 6 rings (SSSR count). The van der Waals surface area contributed by atoms with E-state index in [0.29, 0.717) is 54.4 Å². The molecule has 2 amide bonds. The van der Waals surface area contributed by atoms with Crippen LogP contribution in [0.5, 0.6) is 5.75 Å². The van der Waals surface area contributed by atoms with E-state index in [4.69, 9.17) is 14.8 Å². The zero-order valence-electron chi connectivity index (χ0n) is 27.1. The van der Waals surface area contributed by atoms with Gasteiger partial charge in [0.1, 0.15) is 11.3 Å². The van der Waals surface area contributed by atoms with Crippen molar-refractivity contribution < 1.29 is 24.2 Å². The van der Waals surface area contributed by atoms with Gasteiger partial charge in [0.2, 0.25) is 5.91 Å². The van der Waals surface area contributed by atoms with Gasteiger partial charge in [0.15, 0.2) is 0 Å². The Bertz CT molecular complexity index is 1810. The Hall–Kier alpha value is -4.96. The van der Waals surface area contributed by atoms with Crippen LogP contribution < -0.4 is 15.4 Å². The number of aromatic nitrogens is 2. The van der Waals surface area contributed by atoms with Gasteiger partial charge in [-0.25, -0.2) is 4.79 Å². The maximum absolute atomic E-state index is 14.0. The number of carbonyl (C=O) groups is 3. The molecule has 3 N–H and O–H groups in total. The minimum Gasteiger partial charge on any atom is -0.495 e. The SMILES string of the molecule is COc1ccc(-c2c(C3CCCC3)c3ccc(C(=O)NC4(C(=O)Nc5ccc(/C=C/C(=O)O)cc5)CCN(C)CC4)cc3n2C)nc1. The number of nitrogens with one attached hydrogen (secondary N) is 2. The van der Waals surface area contributed by atoms with Gasteiger partial charge in [-0.2, -0.15) is 0 Å². The average molecular weight is 636 g/mol. The number of nitrogens with zero attached hydrogens (tertiary/aromatic N) is 3. The molecule has 1 aliphatic heterocycles. The number of hydrogen-bond donors (Lipinski definition) is 3. The zero-order chi connectivity index (χ0) is 33.1. The number of carbonyl (C=O) groups excluding carboxylic acids is 2. The number of aliphatic carboxylic acids is 1. The number of ether oxygens (including phenoxy) is 1. The molecule has 2 aromatic carbocycles. The van der Waals surface area contributed by atoms with Crippen LogP contribution in [0, 0.1) is 0 Å². The Morgan fingerprint density at radius 1 is 1.00 bits per heavy atom. The van der Waals surface area contributed by atoms with E-state index in [-0.39, 0.29) is 11.8 Å². The number of likely N-dealkylation sites (tertiary alicyclic amines) is 1. The lowest BCUT2D eigenvalue weighted by Gasteiger charge is -2.40. The van der Waals surface area contributed by atoms with Gasteiger partial charge in [-0.15, -0.1) is 0 Å². The van der Waals surface area contributed by atoms with Crippen LogP contribution in [0.4, 0.5) is 5.69 Å². The van der Waals surface area contributed by atoms with Crippen LogP contribution in [-0.2, 0) is 16.6 Å². The van der Waals surface area contributed by atoms with Crippen molar-refractivity contribution in [3.8, 4) is 17.1 Å². The van der Waals surface area contributed by atoms with Gasteiger partial charge in [0, 0.05) is 48.4 Å². The van der Waals surface area contributed by atoms with E-state index in [0.717, 1.165) is 41.2 Å². The van der Waals surface area contributed by atoms with Gasteiger partial charge in [-0.1, -0.05) is 31.0 Å². The first-order valence-corrected chi connectivity index (χ1v) is 16.1. The summed E-state index contributed by atoms with van der Waals surface area (Å²) in [6, 6.07) is 16.7. The third kappa shape index (κ3) is 6.64. The first kappa shape index (κ1) is 32.0. The largest absolute Gasteiger partial charge is 0.495 e. The molecular weight excluding hydrogens is 594 g/mol. The predicted molar refractivity (Wildman–Crippen MR) is 183 cm³/mol. The number of piperidine rings is 1. The molecule has 10 heteroatoms. The summed E-state index contributed by atoms with van der Waals surface area (Å²) in [5.41, 5.74) is 4.82. The standard InChI is InChI=1S/C37H41N5O5/c1-41-20-18-37(19-21-41,36(46)39-27-12-8-24(9-13-27)10-17-32(43)44)40-35(45)26-11-15-29-31(22-26)42(2)34(33(29)25-6-4-5-7-25)30-16-14-28(47-3)23-38-30/h8-17,22-23,25H,4-7,18-21H2,1-3H3,(H,39,46)(H,40,45)(H,43,44)/b17-10+. The molecule has 47 heavy (non-hydrogen) atoms. The average Bonchev–Trinajstić information content (AvgIpc) is 3.71. The van der Waals surface area contributed by atoms with Gasteiger partial charge < -0.3 is 29.9 Å². The molecule has 1 aliphatic carbocycles. The third-order valence-electron chi connectivity index (χ3n) is 9.70. The molecule has 0 spiro atoms. The second-order valence-electron chi connectivity index (χ2n) is 12.7. The van der Waals surface area contributed by atoms with Gasteiger partial charge >= 0.3 is 5.97 Å². The number of carboxylic acid groups (broad SMARTS) is 1. The highest BCUT2D eigenvalue weighted by Crippen LogP contribution is 2.44. The molecule has 2 aromatic heterocycles. The summed E-state index contributed by atoms with van der Waals surface area (Å²) in [5.74, 6) is -0.480. The van der Waals surface area contributed by atoms with Crippen molar-refractivity contribution in [2.45, 2.75) is 50.0 Å². The van der Waals surface area contributed by atoms with Gasteiger partial charge in [-0.3, -0.25) is 14.6 Å². The molecule has 3 heterocycles. The molecule has 244 valence electrons. The summed E-state index contributed by atoms with van der Waals surface area (Å²) < 4.78 is 7.49. The van der Waals surface area contributed by atoms with E-state index in [1.807, 2.05) is 44.4 Å². The molecule has 10 nitrogen and oxygen atoms in total. The summed E-state index contributed by atoms with van der Waals surface area (Å²) in [4.78, 5) is 45.6. The van der Waals surface area contributed by atoms with Gasteiger partial charge in [0.05, 0.1) is 24.7 Å². The van der Waals surface area contributed by atoms with Crippen LogP contribution in [0.2, 0.25) is 0 Å². The molecule has 0 unspecified atom stereocenters. The van der Waals surface area contributed by atoms with Crippen LogP contribution in [0.1, 0.15) is 65.9 Å². The number of hydrogen-bond acceptors (Lipinski definition) is 6. The smallest absolute Gasteiger partial charge is 0.328 e. The van der Waals surface area contributed by atoms with Crippen LogP contribution in [0.15, 0.2) is 66.9 Å². The van der Waals surface area contributed by atoms with Crippen molar-refractivity contribution in [3.63, 3.8) is 0 Å². The maximum atomic E-state index is 14.0. The number of pyridine rings is 1. The van der Waals surface area contributed by atoms with Crippen LogP contribution in [0.3, 0.4) is 0 Å². The highest BCUT2D eigenvalue weighted by molar-refractivity contribution is 6.05. The number of methoxy groups -OCH3 is 1. The fraction of sp³-hybridized carbons (Fsp3) is 0.351. The molecule has 0 bridgehead atoms. The summed E-state index contributed by atoms with van der Waals surface area (Å²) >= 11 is 0. The molecule has 2 aliphatic rings. The Balaban J connectivity index is 1.30. The normalized spacial score (nSPS) is 16.8. The molecule has 0 atom stereocenters. The van der Waals surface area contributed by atoms with Crippen molar-refractivity contribution in [1.29, 1.82) is 0 Å². The van der Waals surface area contributed by atoms with Crippen molar-refractivity contribution in [1.82, 2.24) is 19.8 Å². The number of benzene rings is 2. The van der Waals surface area contributed by atoms with E-state index in [1.54, 1.807) is 37.6 Å². The minimum absolute atomic E-state index is 0.274. The Morgan fingerprint density at radius 3 is 2.36 bits per heavy atom. The van der Waals surface area contributed by atoms with Crippen molar-refractivity contribution in [3.05, 3.63) is 83.6 Å². The quantitative estimate of drug-likeness (QED) is 0.198. The predicted octanol–water partition coefficient (Wildman–Crippen LogP) is 5.84. The topological polar surface area (TPSA) is 126 Å². The lowest BCUT2D eigenvalue weighted by molar-refractivity contribution is -0.131. The Kier molecular flexibility index (Phi) is 9.13. The number of anilines is 1. The highest BCUT2D eigenvalue weighted by atomic mass is 16.5. The first-order chi connectivity index (χ1) is 22.7. The van der Waals surface area contributed by atoms with Crippen molar-refractivity contribution >= 4 is 40.4 Å². The molecular formula is C37H41N5O5. The molecule has 4 aromatic rings. The van der Waals surface area contributed by atoms with Crippen molar-refractivity contribution in [2.75, 3.05) is 32.6 Å². The number of carboxylic acids is 1. The molecule has 1 saturated heterocycles. The van der Waals surface area contributed by atoms with Crippen LogP contribution in [-0.4, -0.2) is 70.1 Å². The Morgan fingerprint density at radius 2 is 1.72 bits per heavy atom. The summed E-state index contributed by atoms with van der Waals surface area (Å²) in [6.45, 7) is 1.32. The minimum atomic E-state index is -1.10. The van der Waals surface area contributed by atoms with Gasteiger partial charge in [0.25, 0.3) is 5.91 Å². The van der Waals surface area contributed by atoms with E-state index in [2.05, 4.69) is 20.1 Å². The molecule has 2 fully saturated rings. The van der Waals surface area contributed by atoms with Crippen molar-refractivity contribution in [2.24, 2.45) is 7.05 Å². The Labute approximate surface area is 274 Å². The fourth-order valence-electron chi connectivity index (χ4n) is 6.98. The number of amides is 2. The monoisotopic (exact) mass is 635 g/mol. The van der Waals surface area contributed by atoms with E-state index >= 15 is 0 Å². The third-order valence-corrected chi connectivity index (χ3v) is 9.70. The zero-order valence-corrected chi connectivity index (χ0v) is 27.1. The van der Waals surface area contributed by atoms with E-state index in [9.17, 15) is 14.4 Å². The summed E-state index contributed by atoms with van der Waals surface area (Å²) in [5, 5.41) is 16.2. The van der Waals surface area contributed by atoms with E-state index in [1.165, 1.54) is 24.5 Å². The second kappa shape index (κ2) is 13.4. The first-order valence-electron chi connectivity index (χ1n) is 16.1. The molecule has 0 radical (unpaired) electrons. The van der Waals surface area contributed by atoms with Crippen LogP contribution >= 0.6 is 0 Å². The molecule has 1 saturated carbocycles. The van der Waals surface area contributed by atoms with Crippen LogP contribution in [0.25, 0.3) is 28.4 Å². The number of aryl methyl sites for hydroxylation is 1. The van der Waals surface area contributed by atoms with E-state index < -0.39 is 11.5 Å². The number of rotatable bonds is 9. The summed E-state index contributed by atoms with van der Waals surface area (Å²) in [6.07, 6.45) is 9.86. The lowest BCUT2D eigenvalue weighted by atomic mass is 9.86.